The van der Waals surface area contributed by atoms with E-state index in [1.807, 2.05) is 16.9 Å². The van der Waals surface area contributed by atoms with Crippen molar-refractivity contribution < 1.29 is 0 Å². The summed E-state index contributed by atoms with van der Waals surface area (Å²) >= 11 is 12.5. The SMILES string of the molecule is CC(C)n1ccc(CC(CCl)(CCl)Cc2ccccc2)n1. The zero-order valence-corrected chi connectivity index (χ0v) is 14.1. The smallest absolute Gasteiger partial charge is 0.0631 e. The molecule has 114 valence electrons. The van der Waals surface area contributed by atoms with Crippen LogP contribution in [0.25, 0.3) is 0 Å². The van der Waals surface area contributed by atoms with Crippen LogP contribution in [-0.2, 0) is 12.8 Å². The van der Waals surface area contributed by atoms with Gasteiger partial charge in [0.1, 0.15) is 0 Å². The maximum atomic E-state index is 6.27. The lowest BCUT2D eigenvalue weighted by Gasteiger charge is -2.29. The van der Waals surface area contributed by atoms with Gasteiger partial charge in [-0.1, -0.05) is 30.3 Å². The van der Waals surface area contributed by atoms with Crippen molar-refractivity contribution in [2.24, 2.45) is 5.41 Å². The van der Waals surface area contributed by atoms with Crippen molar-refractivity contribution in [2.45, 2.75) is 32.7 Å². The van der Waals surface area contributed by atoms with Crippen LogP contribution in [0.1, 0.15) is 31.1 Å². The van der Waals surface area contributed by atoms with E-state index in [1.165, 1.54) is 5.56 Å². The van der Waals surface area contributed by atoms with Crippen molar-refractivity contribution in [1.82, 2.24) is 9.78 Å². The van der Waals surface area contributed by atoms with E-state index >= 15 is 0 Å². The van der Waals surface area contributed by atoms with Gasteiger partial charge in [-0.05, 0) is 38.3 Å². The minimum absolute atomic E-state index is 0.152. The van der Waals surface area contributed by atoms with Crippen molar-refractivity contribution in [3.8, 4) is 0 Å². The molecule has 1 aromatic carbocycles. The Bertz CT molecular complexity index is 545. The Labute approximate surface area is 137 Å². The molecule has 0 aliphatic rings. The van der Waals surface area contributed by atoms with E-state index in [-0.39, 0.29) is 5.41 Å². The molecule has 2 nitrogen and oxygen atoms in total. The van der Waals surface area contributed by atoms with E-state index in [9.17, 15) is 0 Å². The molecule has 1 heterocycles. The number of nitrogens with zero attached hydrogens (tertiary/aromatic N) is 2. The number of rotatable bonds is 7. The molecule has 0 saturated heterocycles. The van der Waals surface area contributed by atoms with Crippen molar-refractivity contribution >= 4 is 23.2 Å². The largest absolute Gasteiger partial charge is 0.270 e. The molecule has 0 fully saturated rings. The summed E-state index contributed by atoms with van der Waals surface area (Å²) in [4.78, 5) is 0. The minimum Gasteiger partial charge on any atom is -0.270 e. The van der Waals surface area contributed by atoms with Gasteiger partial charge in [0.2, 0.25) is 0 Å². The average Bonchev–Trinajstić information content (AvgIpc) is 2.96. The van der Waals surface area contributed by atoms with Crippen LogP contribution in [0.5, 0.6) is 0 Å². The molecule has 0 atom stereocenters. The number of benzene rings is 1. The normalized spacial score (nSPS) is 12.0. The summed E-state index contributed by atoms with van der Waals surface area (Å²) in [6.07, 6.45) is 3.69. The van der Waals surface area contributed by atoms with E-state index in [0.29, 0.717) is 17.8 Å². The van der Waals surface area contributed by atoms with Gasteiger partial charge in [0.05, 0.1) is 5.69 Å². The third-order valence-electron chi connectivity index (χ3n) is 3.74. The maximum absolute atomic E-state index is 6.27. The van der Waals surface area contributed by atoms with Crippen LogP contribution in [0.15, 0.2) is 42.6 Å². The lowest BCUT2D eigenvalue weighted by atomic mass is 9.81. The second-order valence-corrected chi connectivity index (χ2v) is 6.52. The lowest BCUT2D eigenvalue weighted by Crippen LogP contribution is -2.31. The summed E-state index contributed by atoms with van der Waals surface area (Å²) in [5, 5.41) is 4.63. The van der Waals surface area contributed by atoms with Crippen molar-refractivity contribution in [2.75, 3.05) is 11.8 Å². The molecular formula is C17H22Cl2N2. The first-order valence-corrected chi connectivity index (χ1v) is 8.35. The van der Waals surface area contributed by atoms with Crippen LogP contribution in [-0.4, -0.2) is 21.5 Å². The standard InChI is InChI=1S/C17H22Cl2N2/c1-14(2)21-9-8-16(20-21)11-17(12-18,13-19)10-15-6-4-3-5-7-15/h3-9,14H,10-13H2,1-2H3. The van der Waals surface area contributed by atoms with Crippen LogP contribution < -0.4 is 0 Å². The quantitative estimate of drug-likeness (QED) is 0.674. The second kappa shape index (κ2) is 7.33. The van der Waals surface area contributed by atoms with Crippen LogP contribution >= 0.6 is 23.2 Å². The highest BCUT2D eigenvalue weighted by Crippen LogP contribution is 2.31. The summed E-state index contributed by atoms with van der Waals surface area (Å²) in [7, 11) is 0. The first-order chi connectivity index (χ1) is 10.1. The highest BCUT2D eigenvalue weighted by atomic mass is 35.5. The van der Waals surface area contributed by atoms with Crippen molar-refractivity contribution in [3.05, 3.63) is 53.9 Å². The summed E-state index contributed by atoms with van der Waals surface area (Å²) in [5.41, 5.74) is 2.17. The number of alkyl halides is 2. The topological polar surface area (TPSA) is 17.8 Å². The Morgan fingerprint density at radius 1 is 1.05 bits per heavy atom. The molecule has 2 rings (SSSR count). The maximum Gasteiger partial charge on any atom is 0.0631 e. The Morgan fingerprint density at radius 2 is 1.71 bits per heavy atom. The molecule has 0 bridgehead atoms. The molecule has 4 heteroatoms. The zero-order valence-electron chi connectivity index (χ0n) is 12.6. The van der Waals surface area contributed by atoms with Crippen LogP contribution in [0.2, 0.25) is 0 Å². The predicted molar refractivity (Wildman–Crippen MR) is 90.3 cm³/mol. The predicted octanol–water partition coefficient (Wildman–Crippen LogP) is 4.71. The summed E-state index contributed by atoms with van der Waals surface area (Å²) < 4.78 is 1.98. The fourth-order valence-corrected chi connectivity index (χ4v) is 3.12. The molecule has 0 N–H and O–H groups in total. The molecule has 0 aliphatic heterocycles. The average molecular weight is 325 g/mol. The molecule has 0 radical (unpaired) electrons. The number of hydrogen-bond donors (Lipinski definition) is 0. The van der Waals surface area contributed by atoms with E-state index in [1.54, 1.807) is 0 Å². The Balaban J connectivity index is 2.17. The fourth-order valence-electron chi connectivity index (χ4n) is 2.46. The fraction of sp³-hybridized carbons (Fsp3) is 0.471. The van der Waals surface area contributed by atoms with Gasteiger partial charge in [0.25, 0.3) is 0 Å². The van der Waals surface area contributed by atoms with Crippen LogP contribution in [0.4, 0.5) is 0 Å². The lowest BCUT2D eigenvalue weighted by molar-refractivity contribution is 0.366. The molecule has 0 amide bonds. The van der Waals surface area contributed by atoms with Gasteiger partial charge >= 0.3 is 0 Å². The first-order valence-electron chi connectivity index (χ1n) is 7.28. The first kappa shape index (κ1) is 16.4. The molecule has 21 heavy (non-hydrogen) atoms. The third kappa shape index (κ3) is 4.24. The van der Waals surface area contributed by atoms with Crippen molar-refractivity contribution in [1.29, 1.82) is 0 Å². The zero-order chi connectivity index (χ0) is 15.3. The van der Waals surface area contributed by atoms with E-state index in [0.717, 1.165) is 18.5 Å². The number of halogens is 2. The van der Waals surface area contributed by atoms with Gasteiger partial charge in [-0.3, -0.25) is 4.68 Å². The molecule has 1 aromatic heterocycles. The van der Waals surface area contributed by atoms with Gasteiger partial charge in [-0.25, -0.2) is 0 Å². The van der Waals surface area contributed by atoms with E-state index in [4.69, 9.17) is 23.2 Å². The van der Waals surface area contributed by atoms with Crippen LogP contribution in [0.3, 0.4) is 0 Å². The molecule has 0 saturated carbocycles. The summed E-state index contributed by atoms with van der Waals surface area (Å²) in [5.74, 6) is 1.06. The van der Waals surface area contributed by atoms with Gasteiger partial charge in [-0.2, -0.15) is 5.10 Å². The minimum atomic E-state index is -0.152. The van der Waals surface area contributed by atoms with Crippen molar-refractivity contribution in [3.63, 3.8) is 0 Å². The summed E-state index contributed by atoms with van der Waals surface area (Å²) in [6.45, 7) is 4.24. The second-order valence-electron chi connectivity index (χ2n) is 5.99. The number of hydrogen-bond acceptors (Lipinski definition) is 1. The monoisotopic (exact) mass is 324 g/mol. The Kier molecular flexibility index (Phi) is 5.72. The molecule has 2 aromatic rings. The Morgan fingerprint density at radius 3 is 2.24 bits per heavy atom. The van der Waals surface area contributed by atoms with Crippen LogP contribution in [0, 0.1) is 5.41 Å². The number of aromatic nitrogens is 2. The highest BCUT2D eigenvalue weighted by Gasteiger charge is 2.30. The van der Waals surface area contributed by atoms with E-state index in [2.05, 4.69) is 49.3 Å². The summed E-state index contributed by atoms with van der Waals surface area (Å²) in [6, 6.07) is 12.8. The molecule has 0 spiro atoms. The van der Waals surface area contributed by atoms with Gasteiger partial charge in [0.15, 0.2) is 0 Å². The Hall–Kier alpha value is -0.990. The van der Waals surface area contributed by atoms with E-state index < -0.39 is 0 Å². The molecular weight excluding hydrogens is 303 g/mol. The van der Waals surface area contributed by atoms with Gasteiger partial charge < -0.3 is 0 Å². The molecule has 0 aliphatic carbocycles. The third-order valence-corrected chi connectivity index (χ3v) is 4.87. The molecule has 0 unspecified atom stereocenters. The van der Waals surface area contributed by atoms with Gasteiger partial charge in [-0.15, -0.1) is 23.2 Å². The van der Waals surface area contributed by atoms with Gasteiger partial charge in [0, 0.05) is 29.4 Å². The highest BCUT2D eigenvalue weighted by molar-refractivity contribution is 6.21.